The Labute approximate surface area is 99.3 Å². The fraction of sp³-hybridized carbons (Fsp3) is 0.333. The van der Waals surface area contributed by atoms with Gasteiger partial charge >= 0.3 is 5.69 Å². The van der Waals surface area contributed by atoms with Crippen LogP contribution in [-0.2, 0) is 0 Å². The van der Waals surface area contributed by atoms with Gasteiger partial charge in [-0.15, -0.1) is 0 Å². The standard InChI is InChI=1S/C12H15FN2O2/c1-3-9(8-14-2)6-10-4-5-11(13)12(7-10)15(16)17/h4-7,14H,3,8H2,1-2H3/b9-6-. The number of benzene rings is 1. The predicted octanol–water partition coefficient (Wildman–Crippen LogP) is 2.75. The molecule has 1 aromatic carbocycles. The Balaban J connectivity index is 3.07. The van der Waals surface area contributed by atoms with Crippen LogP contribution in [0.25, 0.3) is 6.08 Å². The molecule has 0 spiro atoms. The van der Waals surface area contributed by atoms with Crippen molar-refractivity contribution >= 4 is 11.8 Å². The summed E-state index contributed by atoms with van der Waals surface area (Å²) in [5.74, 6) is -0.807. The number of hydrogen-bond acceptors (Lipinski definition) is 3. The highest BCUT2D eigenvalue weighted by Crippen LogP contribution is 2.20. The Morgan fingerprint density at radius 2 is 2.29 bits per heavy atom. The van der Waals surface area contributed by atoms with Gasteiger partial charge < -0.3 is 5.32 Å². The van der Waals surface area contributed by atoms with Gasteiger partial charge in [-0.25, -0.2) is 0 Å². The first-order chi connectivity index (χ1) is 8.08. The summed E-state index contributed by atoms with van der Waals surface area (Å²) in [5.41, 5.74) is 1.26. The van der Waals surface area contributed by atoms with E-state index in [1.54, 1.807) is 0 Å². The van der Waals surface area contributed by atoms with E-state index in [2.05, 4.69) is 5.32 Å². The van der Waals surface area contributed by atoms with Crippen LogP contribution in [0, 0.1) is 15.9 Å². The van der Waals surface area contributed by atoms with Crippen LogP contribution in [0.4, 0.5) is 10.1 Å². The Kier molecular flexibility index (Phi) is 4.78. The molecule has 0 aromatic heterocycles. The van der Waals surface area contributed by atoms with Gasteiger partial charge in [0, 0.05) is 12.6 Å². The molecule has 0 aliphatic heterocycles. The summed E-state index contributed by atoms with van der Waals surface area (Å²) in [6, 6.07) is 3.91. The molecule has 0 saturated heterocycles. The van der Waals surface area contributed by atoms with Gasteiger partial charge in [0.25, 0.3) is 0 Å². The molecule has 0 radical (unpaired) electrons. The first kappa shape index (κ1) is 13.3. The highest BCUT2D eigenvalue weighted by atomic mass is 19.1. The minimum Gasteiger partial charge on any atom is -0.316 e. The molecule has 0 atom stereocenters. The lowest BCUT2D eigenvalue weighted by atomic mass is 10.1. The molecule has 0 unspecified atom stereocenters. The van der Waals surface area contributed by atoms with Gasteiger partial charge in [-0.3, -0.25) is 10.1 Å². The Bertz CT molecular complexity index is 444. The lowest BCUT2D eigenvalue weighted by molar-refractivity contribution is -0.387. The number of nitrogens with zero attached hydrogens (tertiary/aromatic N) is 1. The highest BCUT2D eigenvalue weighted by molar-refractivity contribution is 5.56. The zero-order chi connectivity index (χ0) is 12.8. The van der Waals surface area contributed by atoms with E-state index in [1.807, 2.05) is 20.0 Å². The maximum absolute atomic E-state index is 13.1. The monoisotopic (exact) mass is 238 g/mol. The van der Waals surface area contributed by atoms with E-state index in [4.69, 9.17) is 0 Å². The first-order valence-corrected chi connectivity index (χ1v) is 5.36. The summed E-state index contributed by atoms with van der Waals surface area (Å²) in [6.07, 6.45) is 2.68. The minimum atomic E-state index is -0.807. The van der Waals surface area contributed by atoms with E-state index in [-0.39, 0.29) is 0 Å². The number of rotatable bonds is 5. The number of nitro groups is 1. The van der Waals surface area contributed by atoms with Gasteiger partial charge in [0.05, 0.1) is 4.92 Å². The van der Waals surface area contributed by atoms with Crippen molar-refractivity contribution in [3.8, 4) is 0 Å². The van der Waals surface area contributed by atoms with Crippen molar-refractivity contribution in [2.45, 2.75) is 13.3 Å². The van der Waals surface area contributed by atoms with E-state index in [1.165, 1.54) is 12.1 Å². The number of nitro benzene ring substituents is 1. The van der Waals surface area contributed by atoms with Gasteiger partial charge in [-0.1, -0.05) is 24.6 Å². The Morgan fingerprint density at radius 1 is 1.59 bits per heavy atom. The van der Waals surface area contributed by atoms with Crippen LogP contribution in [0.2, 0.25) is 0 Å². The summed E-state index contributed by atoms with van der Waals surface area (Å²) in [6.45, 7) is 2.71. The second-order valence-electron chi connectivity index (χ2n) is 3.65. The number of halogens is 1. The van der Waals surface area contributed by atoms with Crippen molar-refractivity contribution in [1.29, 1.82) is 0 Å². The normalized spacial score (nSPS) is 11.6. The van der Waals surface area contributed by atoms with Crippen molar-refractivity contribution in [1.82, 2.24) is 5.32 Å². The molecular weight excluding hydrogens is 223 g/mol. The molecule has 1 N–H and O–H groups in total. The topological polar surface area (TPSA) is 55.2 Å². The van der Waals surface area contributed by atoms with Crippen LogP contribution in [0.1, 0.15) is 18.9 Å². The van der Waals surface area contributed by atoms with Gasteiger partial charge in [-0.05, 0) is 25.1 Å². The quantitative estimate of drug-likeness (QED) is 0.634. The van der Waals surface area contributed by atoms with E-state index in [0.717, 1.165) is 18.1 Å². The van der Waals surface area contributed by atoms with Crippen LogP contribution in [0.5, 0.6) is 0 Å². The molecule has 0 saturated carbocycles. The maximum Gasteiger partial charge on any atom is 0.305 e. The Hall–Kier alpha value is -1.75. The summed E-state index contributed by atoms with van der Waals surface area (Å²) >= 11 is 0. The van der Waals surface area contributed by atoms with Crippen molar-refractivity contribution in [2.24, 2.45) is 0 Å². The molecule has 0 aliphatic rings. The molecule has 0 bridgehead atoms. The smallest absolute Gasteiger partial charge is 0.305 e. The van der Waals surface area contributed by atoms with E-state index >= 15 is 0 Å². The average molecular weight is 238 g/mol. The Morgan fingerprint density at radius 3 is 2.82 bits per heavy atom. The third-order valence-electron chi connectivity index (χ3n) is 2.40. The van der Waals surface area contributed by atoms with Crippen LogP contribution >= 0.6 is 0 Å². The number of likely N-dealkylation sites (N-methyl/N-ethyl adjacent to an activating group) is 1. The van der Waals surface area contributed by atoms with Crippen molar-refractivity contribution in [3.05, 3.63) is 45.3 Å². The highest BCUT2D eigenvalue weighted by Gasteiger charge is 2.13. The van der Waals surface area contributed by atoms with Crippen molar-refractivity contribution in [2.75, 3.05) is 13.6 Å². The lowest BCUT2D eigenvalue weighted by Crippen LogP contribution is -2.09. The fourth-order valence-electron chi connectivity index (χ4n) is 1.50. The lowest BCUT2D eigenvalue weighted by Gasteiger charge is -2.03. The zero-order valence-electron chi connectivity index (χ0n) is 9.87. The molecular formula is C12H15FN2O2. The van der Waals surface area contributed by atoms with E-state index in [9.17, 15) is 14.5 Å². The fourth-order valence-corrected chi connectivity index (χ4v) is 1.50. The third kappa shape index (κ3) is 3.64. The van der Waals surface area contributed by atoms with Crippen LogP contribution in [0.15, 0.2) is 23.8 Å². The maximum atomic E-state index is 13.1. The molecule has 1 aromatic rings. The molecule has 5 heteroatoms. The third-order valence-corrected chi connectivity index (χ3v) is 2.40. The second kappa shape index (κ2) is 6.10. The van der Waals surface area contributed by atoms with Crippen LogP contribution in [0.3, 0.4) is 0 Å². The largest absolute Gasteiger partial charge is 0.316 e. The summed E-state index contributed by atoms with van der Waals surface area (Å²) < 4.78 is 13.1. The van der Waals surface area contributed by atoms with E-state index < -0.39 is 16.4 Å². The predicted molar refractivity (Wildman–Crippen MR) is 65.2 cm³/mol. The summed E-state index contributed by atoms with van der Waals surface area (Å²) in [5, 5.41) is 13.6. The molecule has 17 heavy (non-hydrogen) atoms. The number of nitrogens with one attached hydrogen (secondary N) is 1. The summed E-state index contributed by atoms with van der Waals surface area (Å²) in [4.78, 5) is 9.88. The first-order valence-electron chi connectivity index (χ1n) is 5.36. The molecule has 4 nitrogen and oxygen atoms in total. The molecule has 0 fully saturated rings. The zero-order valence-corrected chi connectivity index (χ0v) is 9.87. The number of hydrogen-bond donors (Lipinski definition) is 1. The van der Waals surface area contributed by atoms with Crippen molar-refractivity contribution in [3.63, 3.8) is 0 Å². The summed E-state index contributed by atoms with van der Waals surface area (Å²) in [7, 11) is 1.83. The van der Waals surface area contributed by atoms with Crippen LogP contribution in [-0.4, -0.2) is 18.5 Å². The van der Waals surface area contributed by atoms with Gasteiger partial charge in [0.2, 0.25) is 5.82 Å². The van der Waals surface area contributed by atoms with Gasteiger partial charge in [0.1, 0.15) is 0 Å². The molecule has 1 rings (SSSR count). The average Bonchev–Trinajstić information content (AvgIpc) is 2.30. The van der Waals surface area contributed by atoms with Crippen LogP contribution < -0.4 is 5.32 Å². The SMILES string of the molecule is CC/C(=C/c1ccc(F)c([N+](=O)[O-])c1)CNC. The second-order valence-corrected chi connectivity index (χ2v) is 3.65. The molecule has 0 amide bonds. The van der Waals surface area contributed by atoms with E-state index in [0.29, 0.717) is 12.1 Å². The molecule has 92 valence electrons. The van der Waals surface area contributed by atoms with Crippen molar-refractivity contribution < 1.29 is 9.31 Å². The molecule has 0 heterocycles. The van der Waals surface area contributed by atoms with Gasteiger partial charge in [0.15, 0.2) is 0 Å². The molecule has 0 aliphatic carbocycles. The minimum absolute atomic E-state index is 0.487. The van der Waals surface area contributed by atoms with Gasteiger partial charge in [-0.2, -0.15) is 4.39 Å².